The van der Waals surface area contributed by atoms with Gasteiger partial charge in [-0.3, -0.25) is 0 Å². The number of benzene rings is 2. The van der Waals surface area contributed by atoms with E-state index in [1.54, 1.807) is 12.1 Å². The van der Waals surface area contributed by atoms with Gasteiger partial charge in [-0.2, -0.15) is 8.78 Å². The first kappa shape index (κ1) is 20.1. The first-order valence-electron chi connectivity index (χ1n) is 7.80. The number of aryl methyl sites for hydroxylation is 1. The number of carbonyl (C=O) groups is 1. The molecule has 0 saturated carbocycles. The summed E-state index contributed by atoms with van der Waals surface area (Å²) in [4.78, 5) is 12.0. The number of rotatable bonds is 7. The van der Waals surface area contributed by atoms with E-state index in [2.05, 4.69) is 9.46 Å². The molecule has 0 aliphatic rings. The molecule has 0 saturated heterocycles. The number of halogens is 3. The molecule has 0 fully saturated rings. The van der Waals surface area contributed by atoms with E-state index in [9.17, 15) is 22.2 Å². The summed E-state index contributed by atoms with van der Waals surface area (Å²) in [5.74, 6) is -6.37. The molecule has 0 radical (unpaired) electrons. The molecule has 0 unspecified atom stereocenters. The quantitative estimate of drug-likeness (QED) is 0.740. The van der Waals surface area contributed by atoms with Gasteiger partial charge in [-0.25, -0.2) is 18.1 Å². The molecule has 2 rings (SSSR count). The van der Waals surface area contributed by atoms with Crippen LogP contribution in [0.4, 0.5) is 13.2 Å². The number of ether oxygens (including phenoxy) is 1. The summed E-state index contributed by atoms with van der Waals surface area (Å²) in [6, 6.07) is 8.66. The van der Waals surface area contributed by atoms with E-state index in [0.717, 1.165) is 29.8 Å². The molecular weight excluding hydrogens is 367 g/mol. The molecule has 1 N–H and O–H groups in total. The third-order valence-electron chi connectivity index (χ3n) is 3.57. The lowest BCUT2D eigenvalue weighted by atomic mass is 10.0. The summed E-state index contributed by atoms with van der Waals surface area (Å²) < 4.78 is 61.6. The van der Waals surface area contributed by atoms with Crippen molar-refractivity contribution >= 4 is 17.0 Å². The Morgan fingerprint density at radius 3 is 2.27 bits per heavy atom. The van der Waals surface area contributed by atoms with Gasteiger partial charge in [0.25, 0.3) is 0 Å². The Morgan fingerprint density at radius 1 is 1.15 bits per heavy atom. The van der Waals surface area contributed by atoms with Crippen molar-refractivity contribution in [3.8, 4) is 0 Å². The molecule has 8 heteroatoms. The van der Waals surface area contributed by atoms with Crippen molar-refractivity contribution in [2.24, 2.45) is 0 Å². The van der Waals surface area contributed by atoms with Gasteiger partial charge >= 0.3 is 11.9 Å². The van der Waals surface area contributed by atoms with Gasteiger partial charge in [-0.15, -0.1) is 0 Å². The van der Waals surface area contributed by atoms with E-state index in [0.29, 0.717) is 0 Å². The zero-order valence-corrected chi connectivity index (χ0v) is 15.0. The Bertz CT molecular complexity index is 779. The molecule has 26 heavy (non-hydrogen) atoms. The molecule has 2 aromatic rings. The standard InChI is InChI=1S/C18H18F3NO3S/c1-3-25-17(23)18(20,21)16(13-6-8-14(19)9-7-13)22-26(24)15-10-4-12(2)5-11-15/h4-11,16,22H,3H2,1-2H3/t16-,26-/m0/s1. The number of hydrogen-bond acceptors (Lipinski definition) is 3. The second kappa shape index (κ2) is 8.46. The maximum atomic E-state index is 14.6. The van der Waals surface area contributed by atoms with E-state index < -0.39 is 34.7 Å². The van der Waals surface area contributed by atoms with E-state index in [1.165, 1.54) is 19.1 Å². The summed E-state index contributed by atoms with van der Waals surface area (Å²) in [6.07, 6.45) is 0. The zero-order chi connectivity index (χ0) is 19.3. The monoisotopic (exact) mass is 385 g/mol. The van der Waals surface area contributed by atoms with E-state index in [4.69, 9.17) is 0 Å². The predicted molar refractivity (Wildman–Crippen MR) is 91.4 cm³/mol. The van der Waals surface area contributed by atoms with Crippen molar-refractivity contribution in [1.82, 2.24) is 4.72 Å². The van der Waals surface area contributed by atoms with Gasteiger partial charge in [-0.1, -0.05) is 29.8 Å². The third kappa shape index (κ3) is 4.70. The molecule has 0 bridgehead atoms. The van der Waals surface area contributed by atoms with Crippen LogP contribution in [0.5, 0.6) is 0 Å². The van der Waals surface area contributed by atoms with Gasteiger partial charge in [0, 0.05) is 0 Å². The maximum Gasteiger partial charge on any atom is 0.379 e. The summed E-state index contributed by atoms with van der Waals surface area (Å²) >= 11 is 0. The van der Waals surface area contributed by atoms with Crippen molar-refractivity contribution in [1.29, 1.82) is 0 Å². The molecule has 4 nitrogen and oxygen atoms in total. The molecule has 2 aromatic carbocycles. The van der Waals surface area contributed by atoms with Crippen LogP contribution in [0, 0.1) is 12.7 Å². The Morgan fingerprint density at radius 2 is 1.73 bits per heavy atom. The predicted octanol–water partition coefficient (Wildman–Crippen LogP) is 3.69. The molecule has 0 aromatic heterocycles. The summed E-state index contributed by atoms with van der Waals surface area (Å²) in [5.41, 5.74) is 0.822. The van der Waals surface area contributed by atoms with Gasteiger partial charge < -0.3 is 4.74 Å². The fourth-order valence-electron chi connectivity index (χ4n) is 2.19. The first-order valence-corrected chi connectivity index (χ1v) is 8.95. The topological polar surface area (TPSA) is 55.4 Å². The molecule has 0 amide bonds. The van der Waals surface area contributed by atoms with Gasteiger partial charge in [0.2, 0.25) is 0 Å². The van der Waals surface area contributed by atoms with Crippen molar-refractivity contribution in [2.75, 3.05) is 6.61 Å². The number of nitrogens with one attached hydrogen (secondary N) is 1. The minimum Gasteiger partial charge on any atom is -0.462 e. The average Bonchev–Trinajstić information content (AvgIpc) is 2.61. The average molecular weight is 385 g/mol. The Balaban J connectivity index is 2.36. The summed E-state index contributed by atoms with van der Waals surface area (Å²) in [5, 5.41) is 0. The summed E-state index contributed by atoms with van der Waals surface area (Å²) in [7, 11) is -2.03. The van der Waals surface area contributed by atoms with Crippen molar-refractivity contribution in [2.45, 2.75) is 30.7 Å². The van der Waals surface area contributed by atoms with Crippen molar-refractivity contribution in [3.05, 3.63) is 65.5 Å². The fourth-order valence-corrected chi connectivity index (χ4v) is 3.21. The van der Waals surface area contributed by atoms with Crippen molar-refractivity contribution < 1.29 is 26.9 Å². The van der Waals surface area contributed by atoms with Crippen LogP contribution >= 0.6 is 0 Å². The highest BCUT2D eigenvalue weighted by Crippen LogP contribution is 2.33. The van der Waals surface area contributed by atoms with Crippen LogP contribution < -0.4 is 4.72 Å². The lowest BCUT2D eigenvalue weighted by molar-refractivity contribution is -0.175. The molecule has 0 aliphatic heterocycles. The van der Waals surface area contributed by atoms with Crippen LogP contribution in [0.2, 0.25) is 0 Å². The molecule has 0 aliphatic carbocycles. The molecule has 0 spiro atoms. The van der Waals surface area contributed by atoms with Crippen LogP contribution in [-0.2, 0) is 20.5 Å². The van der Waals surface area contributed by atoms with Crippen molar-refractivity contribution in [3.63, 3.8) is 0 Å². The van der Waals surface area contributed by atoms with E-state index in [1.807, 2.05) is 6.92 Å². The smallest absolute Gasteiger partial charge is 0.379 e. The number of alkyl halides is 2. The summed E-state index contributed by atoms with van der Waals surface area (Å²) in [6.45, 7) is 3.00. The highest BCUT2D eigenvalue weighted by Gasteiger charge is 2.50. The van der Waals surface area contributed by atoms with Gasteiger partial charge in [0.15, 0.2) is 0 Å². The normalized spacial score (nSPS) is 13.9. The number of hydrogen-bond donors (Lipinski definition) is 1. The fraction of sp³-hybridized carbons (Fsp3) is 0.278. The second-order valence-corrected chi connectivity index (χ2v) is 6.77. The first-order chi connectivity index (χ1) is 12.3. The second-order valence-electron chi connectivity index (χ2n) is 5.53. The Labute approximate surface area is 152 Å². The highest BCUT2D eigenvalue weighted by molar-refractivity contribution is 7.83. The van der Waals surface area contributed by atoms with E-state index in [-0.39, 0.29) is 17.1 Å². The van der Waals surface area contributed by atoms with Gasteiger partial charge in [0.1, 0.15) is 22.8 Å². The highest BCUT2D eigenvalue weighted by atomic mass is 32.2. The molecule has 2 atom stereocenters. The lowest BCUT2D eigenvalue weighted by Gasteiger charge is -2.26. The Kier molecular flexibility index (Phi) is 6.55. The van der Waals surface area contributed by atoms with Gasteiger partial charge in [0.05, 0.1) is 11.5 Å². The molecule has 140 valence electrons. The minimum atomic E-state index is -4.01. The van der Waals surface area contributed by atoms with Crippen LogP contribution in [0.1, 0.15) is 24.1 Å². The zero-order valence-electron chi connectivity index (χ0n) is 14.2. The minimum absolute atomic E-state index is 0.0927. The van der Waals surface area contributed by atoms with E-state index >= 15 is 0 Å². The lowest BCUT2D eigenvalue weighted by Crippen LogP contribution is -2.45. The number of carbonyl (C=O) groups excluding carboxylic acids is 1. The van der Waals surface area contributed by atoms with Gasteiger partial charge in [-0.05, 0) is 43.7 Å². The maximum absolute atomic E-state index is 14.6. The largest absolute Gasteiger partial charge is 0.462 e. The SMILES string of the molecule is CCOC(=O)C(F)(F)[C@@H](N[S@@](=O)c1ccc(C)cc1)c1ccc(F)cc1. The van der Waals surface area contributed by atoms with Crippen LogP contribution in [0.25, 0.3) is 0 Å². The Hall–Kier alpha value is -2.19. The molecule has 0 heterocycles. The van der Waals surface area contributed by atoms with Crippen LogP contribution in [0.15, 0.2) is 53.4 Å². The molecular formula is C18H18F3NO3S. The van der Waals surface area contributed by atoms with Crippen LogP contribution in [0.3, 0.4) is 0 Å². The van der Waals surface area contributed by atoms with Crippen LogP contribution in [-0.4, -0.2) is 22.7 Å². The number of esters is 1. The third-order valence-corrected chi connectivity index (χ3v) is 4.72.